The maximum Gasteiger partial charge on any atom is 0.244 e. The van der Waals surface area contributed by atoms with Crippen molar-refractivity contribution in [2.75, 3.05) is 32.7 Å². The van der Waals surface area contributed by atoms with Crippen molar-refractivity contribution < 1.29 is 24.2 Å². The van der Waals surface area contributed by atoms with Gasteiger partial charge in [0.15, 0.2) is 0 Å². The zero-order valence-electron chi connectivity index (χ0n) is 19.1. The van der Waals surface area contributed by atoms with Crippen LogP contribution in [0.5, 0.6) is 11.5 Å². The molecule has 0 aliphatic carbocycles. The van der Waals surface area contributed by atoms with Crippen molar-refractivity contribution in [3.8, 4) is 11.5 Å². The lowest BCUT2D eigenvalue weighted by Crippen LogP contribution is -2.54. The predicted molar refractivity (Wildman–Crippen MR) is 122 cm³/mol. The first kappa shape index (κ1) is 23.5. The third kappa shape index (κ3) is 5.82. The number of benzene rings is 2. The van der Waals surface area contributed by atoms with Crippen LogP contribution in [-0.2, 0) is 11.2 Å². The SMILES string of the molecule is CC(C)(F)CN1CCc2cc(O)ccc2C1c1ccc(OC2CN(CCC(=O)NO)C2)cc1. The second-order valence-electron chi connectivity index (χ2n) is 9.58. The number of phenolic OH excluding ortho intramolecular Hbond substituents is 1. The summed E-state index contributed by atoms with van der Waals surface area (Å²) in [6.07, 6.45) is 1.09. The Morgan fingerprint density at radius 1 is 1.21 bits per heavy atom. The number of carbonyl (C=O) groups is 1. The van der Waals surface area contributed by atoms with Crippen LogP contribution in [0.2, 0.25) is 0 Å². The molecular formula is C25H32FN3O4. The maximum absolute atomic E-state index is 14.6. The number of hydrogen-bond acceptors (Lipinski definition) is 6. The Morgan fingerprint density at radius 3 is 2.61 bits per heavy atom. The highest BCUT2D eigenvalue weighted by Gasteiger charge is 2.33. The fourth-order valence-corrected chi connectivity index (χ4v) is 4.73. The van der Waals surface area contributed by atoms with Crippen LogP contribution < -0.4 is 10.2 Å². The highest BCUT2D eigenvalue weighted by molar-refractivity contribution is 5.74. The van der Waals surface area contributed by atoms with Gasteiger partial charge in [0.05, 0.1) is 6.04 Å². The number of hydrogen-bond donors (Lipinski definition) is 3. The fraction of sp³-hybridized carbons (Fsp3) is 0.480. The van der Waals surface area contributed by atoms with Gasteiger partial charge in [0.2, 0.25) is 5.91 Å². The number of aromatic hydroxyl groups is 1. The first-order valence-corrected chi connectivity index (χ1v) is 11.4. The number of carbonyl (C=O) groups excluding carboxylic acids is 1. The predicted octanol–water partition coefficient (Wildman–Crippen LogP) is 3.05. The summed E-state index contributed by atoms with van der Waals surface area (Å²) in [7, 11) is 0. The molecule has 3 N–H and O–H groups in total. The average Bonchev–Trinajstić information content (AvgIpc) is 2.74. The van der Waals surface area contributed by atoms with E-state index in [4.69, 9.17) is 9.94 Å². The molecule has 2 aliphatic rings. The summed E-state index contributed by atoms with van der Waals surface area (Å²) in [4.78, 5) is 15.4. The Labute approximate surface area is 193 Å². The van der Waals surface area contributed by atoms with Gasteiger partial charge in [0.25, 0.3) is 0 Å². The number of rotatable bonds is 8. The monoisotopic (exact) mass is 457 g/mol. The van der Waals surface area contributed by atoms with Gasteiger partial charge in [-0.05, 0) is 61.2 Å². The van der Waals surface area contributed by atoms with Gasteiger partial charge in [-0.15, -0.1) is 0 Å². The number of nitrogens with one attached hydrogen (secondary N) is 1. The lowest BCUT2D eigenvalue weighted by Gasteiger charge is -2.40. The Balaban J connectivity index is 1.44. The minimum atomic E-state index is -1.32. The first-order chi connectivity index (χ1) is 15.7. The molecule has 2 aromatic carbocycles. The molecule has 0 bridgehead atoms. The van der Waals surface area contributed by atoms with Gasteiger partial charge in [0.1, 0.15) is 23.3 Å². The van der Waals surface area contributed by atoms with E-state index in [0.29, 0.717) is 13.1 Å². The molecule has 178 valence electrons. The number of fused-ring (bicyclic) bond motifs is 1. The topological polar surface area (TPSA) is 85.3 Å². The van der Waals surface area contributed by atoms with Crippen LogP contribution in [0.15, 0.2) is 42.5 Å². The second-order valence-corrected chi connectivity index (χ2v) is 9.58. The van der Waals surface area contributed by atoms with Crippen LogP contribution in [0, 0.1) is 0 Å². The normalized spacial score (nSPS) is 19.6. The quantitative estimate of drug-likeness (QED) is 0.417. The van der Waals surface area contributed by atoms with E-state index in [9.17, 15) is 14.3 Å². The van der Waals surface area contributed by atoms with Crippen molar-refractivity contribution in [1.29, 1.82) is 0 Å². The summed E-state index contributed by atoms with van der Waals surface area (Å²) < 4.78 is 20.6. The number of likely N-dealkylation sites (tertiary alicyclic amines) is 1. The number of ether oxygens (including phenoxy) is 1. The molecule has 0 saturated carbocycles. The molecule has 8 heteroatoms. The number of hydroxylamine groups is 1. The van der Waals surface area contributed by atoms with Crippen molar-refractivity contribution in [3.05, 3.63) is 59.2 Å². The summed E-state index contributed by atoms with van der Waals surface area (Å²) in [5.41, 5.74) is 3.58. The van der Waals surface area contributed by atoms with Gasteiger partial charge in [0, 0.05) is 39.1 Å². The molecule has 4 rings (SSSR count). The van der Waals surface area contributed by atoms with Gasteiger partial charge in [-0.2, -0.15) is 0 Å². The number of halogens is 1. The number of alkyl halides is 1. The van der Waals surface area contributed by atoms with Gasteiger partial charge in [-0.25, -0.2) is 9.87 Å². The van der Waals surface area contributed by atoms with E-state index in [1.165, 1.54) is 0 Å². The van der Waals surface area contributed by atoms with Gasteiger partial charge < -0.3 is 9.84 Å². The summed E-state index contributed by atoms with van der Waals surface area (Å²) in [5.74, 6) is 0.636. The van der Waals surface area contributed by atoms with E-state index >= 15 is 0 Å². The van der Waals surface area contributed by atoms with Crippen LogP contribution in [0.1, 0.15) is 43.0 Å². The molecule has 0 spiro atoms. The van der Waals surface area contributed by atoms with E-state index in [1.54, 1.807) is 25.4 Å². The molecular weight excluding hydrogens is 425 g/mol. The third-order valence-electron chi connectivity index (χ3n) is 6.24. The molecule has 33 heavy (non-hydrogen) atoms. The van der Waals surface area contributed by atoms with Gasteiger partial charge in [-0.3, -0.25) is 19.8 Å². The van der Waals surface area contributed by atoms with Crippen molar-refractivity contribution in [1.82, 2.24) is 15.3 Å². The molecule has 1 amide bonds. The smallest absolute Gasteiger partial charge is 0.244 e. The molecule has 0 aromatic heterocycles. The van der Waals surface area contributed by atoms with Crippen LogP contribution >= 0.6 is 0 Å². The molecule has 0 radical (unpaired) electrons. The molecule has 7 nitrogen and oxygen atoms in total. The Morgan fingerprint density at radius 2 is 1.94 bits per heavy atom. The lowest BCUT2D eigenvalue weighted by atomic mass is 9.87. The average molecular weight is 458 g/mol. The number of amides is 1. The third-order valence-corrected chi connectivity index (χ3v) is 6.24. The first-order valence-electron chi connectivity index (χ1n) is 11.4. The minimum Gasteiger partial charge on any atom is -0.508 e. The van der Waals surface area contributed by atoms with Crippen molar-refractivity contribution in [3.63, 3.8) is 0 Å². The van der Waals surface area contributed by atoms with Crippen LogP contribution in [0.25, 0.3) is 0 Å². The summed E-state index contributed by atoms with van der Waals surface area (Å²) in [6, 6.07) is 13.3. The zero-order chi connectivity index (χ0) is 23.6. The summed E-state index contributed by atoms with van der Waals surface area (Å²) in [6.45, 7) is 6.31. The fourth-order valence-electron chi connectivity index (χ4n) is 4.73. The van der Waals surface area contributed by atoms with Crippen molar-refractivity contribution in [2.45, 2.75) is 44.5 Å². The minimum absolute atomic E-state index is 0.0651. The number of phenols is 1. The Hall–Kier alpha value is -2.68. The Kier molecular flexibility index (Phi) is 6.88. The van der Waals surface area contributed by atoms with Crippen LogP contribution in [0.3, 0.4) is 0 Å². The van der Waals surface area contributed by atoms with Gasteiger partial charge in [-0.1, -0.05) is 18.2 Å². The lowest BCUT2D eigenvalue weighted by molar-refractivity contribution is -0.130. The summed E-state index contributed by atoms with van der Waals surface area (Å²) >= 11 is 0. The van der Waals surface area contributed by atoms with E-state index in [2.05, 4.69) is 9.80 Å². The molecule has 1 atom stereocenters. The standard InChI is InChI=1S/C25H32FN3O4/c1-25(2,26)16-29-12-9-18-13-19(30)5-8-22(18)24(29)17-3-6-20(7-4-17)33-21-14-28(15-21)11-10-23(31)27-32/h3-8,13,21,24,30,32H,9-12,14-16H2,1-2H3,(H,27,31). The van der Waals surface area contributed by atoms with Crippen LogP contribution in [0.4, 0.5) is 4.39 Å². The molecule has 2 aromatic rings. The van der Waals surface area contributed by atoms with E-state index in [-0.39, 0.29) is 30.2 Å². The highest BCUT2D eigenvalue weighted by atomic mass is 19.1. The van der Waals surface area contributed by atoms with Crippen molar-refractivity contribution >= 4 is 5.91 Å². The van der Waals surface area contributed by atoms with Gasteiger partial charge >= 0.3 is 0 Å². The maximum atomic E-state index is 14.6. The molecule has 2 heterocycles. The highest BCUT2D eigenvalue weighted by Crippen LogP contribution is 2.38. The molecule has 1 fully saturated rings. The van der Waals surface area contributed by atoms with Crippen LogP contribution in [-0.4, -0.2) is 70.5 Å². The molecule has 1 saturated heterocycles. The molecule has 2 aliphatic heterocycles. The zero-order valence-corrected chi connectivity index (χ0v) is 19.1. The largest absolute Gasteiger partial charge is 0.508 e. The molecule has 1 unspecified atom stereocenters. The second kappa shape index (κ2) is 9.67. The van der Waals surface area contributed by atoms with Crippen molar-refractivity contribution in [2.24, 2.45) is 0 Å². The summed E-state index contributed by atoms with van der Waals surface area (Å²) in [5, 5.41) is 18.5. The van der Waals surface area contributed by atoms with E-state index in [1.807, 2.05) is 36.4 Å². The van der Waals surface area contributed by atoms with E-state index in [0.717, 1.165) is 48.5 Å². The van der Waals surface area contributed by atoms with E-state index < -0.39 is 5.67 Å². The number of nitrogens with zero attached hydrogens (tertiary/aromatic N) is 2. The Bertz CT molecular complexity index is 971.